The van der Waals surface area contributed by atoms with Crippen LogP contribution in [0.15, 0.2) is 47.5 Å². The summed E-state index contributed by atoms with van der Waals surface area (Å²) in [5.41, 5.74) is 0.400. The van der Waals surface area contributed by atoms with Crippen molar-refractivity contribution in [3.8, 4) is 23.7 Å². The third kappa shape index (κ3) is 3.86. The summed E-state index contributed by atoms with van der Waals surface area (Å²) in [7, 11) is 2.97. The van der Waals surface area contributed by atoms with E-state index >= 15 is 0 Å². The Balaban J connectivity index is 2.32. The molecule has 1 heterocycles. The third-order valence-electron chi connectivity index (χ3n) is 2.56. The molecular weight excluding hydrogens is 284 g/mol. The van der Waals surface area contributed by atoms with E-state index in [2.05, 4.69) is 15.3 Å². The SMILES string of the molecule is COc1ccc(/N=C(/NC#N)Oc2ccccc2)c(OC)n1. The summed E-state index contributed by atoms with van der Waals surface area (Å²) in [6.45, 7) is 0. The van der Waals surface area contributed by atoms with Crippen LogP contribution in [0.25, 0.3) is 0 Å². The number of benzene rings is 1. The van der Waals surface area contributed by atoms with Gasteiger partial charge in [-0.05, 0) is 18.2 Å². The molecule has 0 saturated carbocycles. The predicted molar refractivity (Wildman–Crippen MR) is 80.3 cm³/mol. The van der Waals surface area contributed by atoms with Crippen LogP contribution in [0.5, 0.6) is 17.5 Å². The number of aromatic nitrogens is 1. The highest BCUT2D eigenvalue weighted by molar-refractivity contribution is 5.81. The number of para-hydroxylation sites is 1. The fraction of sp³-hybridized carbons (Fsp3) is 0.133. The van der Waals surface area contributed by atoms with E-state index in [1.807, 2.05) is 18.2 Å². The van der Waals surface area contributed by atoms with Gasteiger partial charge in [-0.1, -0.05) is 18.2 Å². The summed E-state index contributed by atoms with van der Waals surface area (Å²) in [5.74, 6) is 1.20. The summed E-state index contributed by atoms with van der Waals surface area (Å²) in [5, 5.41) is 11.2. The molecule has 112 valence electrons. The highest BCUT2D eigenvalue weighted by Gasteiger charge is 2.09. The normalized spacial score (nSPS) is 10.5. The van der Waals surface area contributed by atoms with Crippen LogP contribution in [-0.4, -0.2) is 25.2 Å². The van der Waals surface area contributed by atoms with Crippen molar-refractivity contribution < 1.29 is 14.2 Å². The van der Waals surface area contributed by atoms with Gasteiger partial charge >= 0.3 is 6.02 Å². The van der Waals surface area contributed by atoms with Crippen molar-refractivity contribution in [3.63, 3.8) is 0 Å². The van der Waals surface area contributed by atoms with Crippen molar-refractivity contribution in [2.75, 3.05) is 14.2 Å². The molecule has 1 aromatic heterocycles. The van der Waals surface area contributed by atoms with Crippen molar-refractivity contribution in [2.45, 2.75) is 0 Å². The minimum atomic E-state index is 0.0129. The lowest BCUT2D eigenvalue weighted by Crippen LogP contribution is -2.24. The molecule has 22 heavy (non-hydrogen) atoms. The number of nitrogens with one attached hydrogen (secondary N) is 1. The highest BCUT2D eigenvalue weighted by atomic mass is 16.5. The van der Waals surface area contributed by atoms with Gasteiger partial charge in [0.15, 0.2) is 6.19 Å². The maximum Gasteiger partial charge on any atom is 0.309 e. The maximum absolute atomic E-state index is 8.81. The number of hydrogen-bond donors (Lipinski definition) is 1. The average Bonchev–Trinajstić information content (AvgIpc) is 2.56. The lowest BCUT2D eigenvalue weighted by atomic mass is 10.3. The van der Waals surface area contributed by atoms with E-state index in [0.29, 0.717) is 17.3 Å². The number of nitrogens with zero attached hydrogens (tertiary/aromatic N) is 3. The predicted octanol–water partition coefficient (Wildman–Crippen LogP) is 2.24. The van der Waals surface area contributed by atoms with Crippen LogP contribution >= 0.6 is 0 Å². The van der Waals surface area contributed by atoms with Gasteiger partial charge in [0.1, 0.15) is 11.4 Å². The zero-order valence-electron chi connectivity index (χ0n) is 12.1. The average molecular weight is 298 g/mol. The van der Waals surface area contributed by atoms with Gasteiger partial charge in [0.25, 0.3) is 0 Å². The highest BCUT2D eigenvalue weighted by Crippen LogP contribution is 2.27. The fourth-order valence-electron chi connectivity index (χ4n) is 1.60. The molecule has 0 bridgehead atoms. The number of nitriles is 1. The molecule has 0 amide bonds. The Hall–Kier alpha value is -3.27. The van der Waals surface area contributed by atoms with Gasteiger partial charge in [-0.2, -0.15) is 15.2 Å². The Morgan fingerprint density at radius 1 is 1.14 bits per heavy atom. The summed E-state index contributed by atoms with van der Waals surface area (Å²) < 4.78 is 15.7. The summed E-state index contributed by atoms with van der Waals surface area (Å²) in [4.78, 5) is 8.32. The van der Waals surface area contributed by atoms with Crippen molar-refractivity contribution in [1.82, 2.24) is 10.3 Å². The van der Waals surface area contributed by atoms with Gasteiger partial charge in [-0.3, -0.25) is 0 Å². The molecule has 0 radical (unpaired) electrons. The molecule has 0 spiro atoms. The molecule has 2 aromatic rings. The first-order valence-electron chi connectivity index (χ1n) is 6.32. The second kappa shape index (κ2) is 7.50. The van der Waals surface area contributed by atoms with Crippen LogP contribution in [0.4, 0.5) is 5.69 Å². The van der Waals surface area contributed by atoms with Crippen molar-refractivity contribution in [1.29, 1.82) is 5.26 Å². The molecule has 1 N–H and O–H groups in total. The van der Waals surface area contributed by atoms with Crippen molar-refractivity contribution in [2.24, 2.45) is 4.99 Å². The number of rotatable bonds is 4. The van der Waals surface area contributed by atoms with Gasteiger partial charge in [0.05, 0.1) is 14.2 Å². The van der Waals surface area contributed by atoms with E-state index in [4.69, 9.17) is 19.5 Å². The largest absolute Gasteiger partial charge is 0.481 e. The summed E-state index contributed by atoms with van der Waals surface area (Å²) in [6.07, 6.45) is 1.78. The zero-order valence-corrected chi connectivity index (χ0v) is 12.1. The van der Waals surface area contributed by atoms with Crippen molar-refractivity contribution >= 4 is 11.7 Å². The standard InChI is InChI=1S/C15H14N4O3/c1-20-13-9-8-12(14(19-13)21-2)18-15(17-10-16)22-11-6-4-3-5-7-11/h3-9H,1-2H3,(H,17,18). The molecule has 1 aromatic carbocycles. The van der Waals surface area contributed by atoms with Gasteiger partial charge in [-0.15, -0.1) is 0 Å². The van der Waals surface area contributed by atoms with Crippen LogP contribution in [0.1, 0.15) is 0 Å². The molecule has 0 unspecified atom stereocenters. The van der Waals surface area contributed by atoms with Crippen LogP contribution in [0.2, 0.25) is 0 Å². The van der Waals surface area contributed by atoms with Crippen molar-refractivity contribution in [3.05, 3.63) is 42.5 Å². The Morgan fingerprint density at radius 3 is 2.55 bits per heavy atom. The van der Waals surface area contributed by atoms with E-state index < -0.39 is 0 Å². The van der Waals surface area contributed by atoms with Crippen LogP contribution in [0, 0.1) is 11.5 Å². The van der Waals surface area contributed by atoms with E-state index in [9.17, 15) is 0 Å². The number of methoxy groups -OCH3 is 2. The molecule has 2 rings (SSSR count). The van der Waals surface area contributed by atoms with Gasteiger partial charge < -0.3 is 14.2 Å². The summed E-state index contributed by atoms with van der Waals surface area (Å²) in [6, 6.07) is 12.3. The smallest absolute Gasteiger partial charge is 0.309 e. The lowest BCUT2D eigenvalue weighted by Gasteiger charge is -2.09. The number of amidine groups is 1. The Morgan fingerprint density at radius 2 is 1.91 bits per heavy atom. The van der Waals surface area contributed by atoms with Crippen LogP contribution in [-0.2, 0) is 0 Å². The van der Waals surface area contributed by atoms with E-state index in [1.54, 1.807) is 30.5 Å². The van der Waals surface area contributed by atoms with Crippen LogP contribution in [0.3, 0.4) is 0 Å². The van der Waals surface area contributed by atoms with E-state index in [-0.39, 0.29) is 11.9 Å². The molecule has 0 aliphatic heterocycles. The quantitative estimate of drug-likeness (QED) is 0.403. The monoisotopic (exact) mass is 298 g/mol. The Kier molecular flexibility index (Phi) is 5.15. The summed E-state index contributed by atoms with van der Waals surface area (Å²) >= 11 is 0. The lowest BCUT2D eigenvalue weighted by molar-refractivity contribution is 0.365. The second-order valence-electron chi connectivity index (χ2n) is 3.95. The minimum absolute atomic E-state index is 0.0129. The molecule has 0 aliphatic carbocycles. The molecule has 0 fully saturated rings. The van der Waals surface area contributed by atoms with Gasteiger partial charge in [-0.25, -0.2) is 5.32 Å². The molecule has 7 nitrogen and oxygen atoms in total. The molecule has 0 atom stereocenters. The number of pyridine rings is 1. The molecular formula is C15H14N4O3. The molecule has 0 saturated heterocycles. The first kappa shape index (κ1) is 15.1. The molecule has 0 aliphatic rings. The molecule has 7 heteroatoms. The first-order chi connectivity index (χ1) is 10.8. The topological polar surface area (TPSA) is 88.8 Å². The fourth-order valence-corrected chi connectivity index (χ4v) is 1.60. The minimum Gasteiger partial charge on any atom is -0.481 e. The Bertz CT molecular complexity index is 696. The van der Waals surface area contributed by atoms with Gasteiger partial charge in [0.2, 0.25) is 11.8 Å². The Labute approximate surface area is 127 Å². The number of aliphatic imine (C=N–C) groups is 1. The zero-order chi connectivity index (χ0) is 15.8. The first-order valence-corrected chi connectivity index (χ1v) is 6.32. The number of hydrogen-bond acceptors (Lipinski definition) is 6. The third-order valence-corrected chi connectivity index (χ3v) is 2.56. The number of ether oxygens (including phenoxy) is 3. The van der Waals surface area contributed by atoms with E-state index in [0.717, 1.165) is 0 Å². The van der Waals surface area contributed by atoms with E-state index in [1.165, 1.54) is 14.2 Å². The maximum atomic E-state index is 8.81. The van der Waals surface area contributed by atoms with Crippen LogP contribution < -0.4 is 19.5 Å². The second-order valence-corrected chi connectivity index (χ2v) is 3.95. The van der Waals surface area contributed by atoms with Gasteiger partial charge in [0, 0.05) is 6.07 Å².